The molecule has 0 radical (unpaired) electrons. The van der Waals surface area contributed by atoms with Crippen molar-refractivity contribution < 1.29 is 94.1 Å². The third kappa shape index (κ3) is 8.90. The normalized spacial score (nSPS) is 54.9. The van der Waals surface area contributed by atoms with Gasteiger partial charge in [-0.05, 0) is 104 Å². The van der Waals surface area contributed by atoms with Crippen LogP contribution in [0.1, 0.15) is 91.9 Å². The second kappa shape index (κ2) is 19.8. The second-order valence-corrected chi connectivity index (χ2v) is 21.6. The van der Waals surface area contributed by atoms with Crippen LogP contribution in [0.3, 0.4) is 0 Å². The highest BCUT2D eigenvalue weighted by Gasteiger charge is 2.69. The molecule has 65 heavy (non-hydrogen) atoms. The molecule has 8 fully saturated rings. The van der Waals surface area contributed by atoms with E-state index in [0.717, 1.165) is 57.8 Å². The quantitative estimate of drug-likeness (QED) is 0.0920. The Bertz CT molecular complexity index is 1580. The van der Waals surface area contributed by atoms with Gasteiger partial charge >= 0.3 is 0 Å². The zero-order valence-corrected chi connectivity index (χ0v) is 38.4. The summed E-state index contributed by atoms with van der Waals surface area (Å²) in [4.78, 5) is 0. The SMILES string of the molecule is CO[C@]1(CC[C@@H](C)CO[C@@H]2O[C@H](CO)[C@@H](O)[C@H](O)[C@H]2O)O[C@H]2C[C@H]3[C@@H]4CC[C@@H]5C[C@@H](O[C@@H]6O[C@H](CO)[C@H](O[C@@H]7O[C@H](CO)[C@@H](O)[C@H](O)[C@H]7O)[C@H](O)[C@H]6O)CC[C@]5(C)[C@H]4CC[C@]3(C)[C@H]2[C@@H]1C. The van der Waals surface area contributed by atoms with Crippen LogP contribution in [-0.4, -0.2) is 200 Å². The number of aliphatic hydroxyl groups is 11. The molecule has 11 N–H and O–H groups in total. The summed E-state index contributed by atoms with van der Waals surface area (Å²) in [6.45, 7) is 7.69. The molecule has 27 atom stereocenters. The van der Waals surface area contributed by atoms with Crippen molar-refractivity contribution >= 4 is 0 Å². The average Bonchev–Trinajstić information content (AvgIpc) is 3.76. The first kappa shape index (κ1) is 50.6. The number of rotatable bonds is 14. The van der Waals surface area contributed by atoms with Crippen molar-refractivity contribution in [3.63, 3.8) is 0 Å². The third-order valence-corrected chi connectivity index (χ3v) is 18.3. The van der Waals surface area contributed by atoms with E-state index >= 15 is 0 Å². The Morgan fingerprint density at radius 1 is 0.631 bits per heavy atom. The van der Waals surface area contributed by atoms with Crippen LogP contribution < -0.4 is 0 Å². The maximum atomic E-state index is 11.2. The maximum Gasteiger partial charge on any atom is 0.187 e. The third-order valence-electron chi connectivity index (χ3n) is 18.3. The molecular formula is C46H78O19. The van der Waals surface area contributed by atoms with Gasteiger partial charge in [0.2, 0.25) is 0 Å². The van der Waals surface area contributed by atoms with Gasteiger partial charge in [0, 0.05) is 19.4 Å². The lowest BCUT2D eigenvalue weighted by molar-refractivity contribution is -0.364. The van der Waals surface area contributed by atoms with Gasteiger partial charge in [-0.2, -0.15) is 0 Å². The van der Waals surface area contributed by atoms with Crippen molar-refractivity contribution in [3.05, 3.63) is 0 Å². The lowest BCUT2D eigenvalue weighted by Gasteiger charge is -2.61. The average molecular weight is 935 g/mol. The molecule has 0 aromatic carbocycles. The first-order valence-corrected chi connectivity index (χ1v) is 24.2. The molecule has 8 rings (SSSR count). The molecule has 0 spiro atoms. The fourth-order valence-electron chi connectivity index (χ4n) is 14.5. The van der Waals surface area contributed by atoms with E-state index in [1.54, 1.807) is 7.11 Å². The number of aliphatic hydroxyl groups excluding tert-OH is 11. The largest absolute Gasteiger partial charge is 0.394 e. The highest BCUT2D eigenvalue weighted by atomic mass is 16.7. The van der Waals surface area contributed by atoms with Gasteiger partial charge in [0.1, 0.15) is 73.2 Å². The van der Waals surface area contributed by atoms with Crippen LogP contribution in [0.5, 0.6) is 0 Å². The van der Waals surface area contributed by atoms with Gasteiger partial charge in [-0.3, -0.25) is 0 Å². The zero-order chi connectivity index (χ0) is 46.9. The highest BCUT2D eigenvalue weighted by molar-refractivity contribution is 5.15. The van der Waals surface area contributed by atoms with E-state index in [0.29, 0.717) is 36.0 Å². The van der Waals surface area contributed by atoms with Crippen LogP contribution in [0.25, 0.3) is 0 Å². The molecule has 4 aliphatic heterocycles. The lowest BCUT2D eigenvalue weighted by atomic mass is 9.44. The Balaban J connectivity index is 0.847. The molecule has 4 heterocycles. The van der Waals surface area contributed by atoms with Gasteiger partial charge in [-0.1, -0.05) is 27.7 Å². The molecule has 376 valence electrons. The predicted molar refractivity (Wildman–Crippen MR) is 224 cm³/mol. The number of methoxy groups -OCH3 is 1. The minimum Gasteiger partial charge on any atom is -0.394 e. The van der Waals surface area contributed by atoms with E-state index in [4.69, 9.17) is 37.9 Å². The van der Waals surface area contributed by atoms with Crippen LogP contribution >= 0.6 is 0 Å². The number of hydrogen-bond acceptors (Lipinski definition) is 19. The van der Waals surface area contributed by atoms with Crippen molar-refractivity contribution in [2.75, 3.05) is 33.5 Å². The van der Waals surface area contributed by atoms with E-state index in [1.165, 1.54) is 0 Å². The number of fused-ring (bicyclic) bond motifs is 7. The maximum absolute atomic E-state index is 11.2. The molecule has 19 heteroatoms. The highest BCUT2D eigenvalue weighted by Crippen LogP contribution is 2.71. The second-order valence-electron chi connectivity index (χ2n) is 21.6. The summed E-state index contributed by atoms with van der Waals surface area (Å²) < 4.78 is 48.3. The molecule has 0 unspecified atom stereocenters. The van der Waals surface area contributed by atoms with Gasteiger partial charge in [0.15, 0.2) is 24.7 Å². The van der Waals surface area contributed by atoms with Gasteiger partial charge in [-0.15, -0.1) is 0 Å². The fraction of sp³-hybridized carbons (Fsp3) is 1.00. The van der Waals surface area contributed by atoms with Crippen LogP contribution in [0, 0.1) is 52.3 Å². The van der Waals surface area contributed by atoms with Crippen molar-refractivity contribution in [1.29, 1.82) is 0 Å². The van der Waals surface area contributed by atoms with E-state index in [9.17, 15) is 56.2 Å². The Hall–Kier alpha value is -0.760. The molecule has 19 nitrogen and oxygen atoms in total. The number of hydrogen-bond donors (Lipinski definition) is 11. The topological polar surface area (TPSA) is 296 Å². The van der Waals surface area contributed by atoms with Crippen LogP contribution in [0.15, 0.2) is 0 Å². The van der Waals surface area contributed by atoms with Gasteiger partial charge in [0.25, 0.3) is 0 Å². The predicted octanol–water partition coefficient (Wildman–Crippen LogP) is -1.13. The van der Waals surface area contributed by atoms with E-state index < -0.39 is 118 Å². The zero-order valence-electron chi connectivity index (χ0n) is 38.4. The summed E-state index contributed by atoms with van der Waals surface area (Å²) >= 11 is 0. The Morgan fingerprint density at radius 2 is 1.22 bits per heavy atom. The summed E-state index contributed by atoms with van der Waals surface area (Å²) in [5.74, 6) is 1.79. The van der Waals surface area contributed by atoms with Crippen molar-refractivity contribution in [1.82, 2.24) is 0 Å². The van der Waals surface area contributed by atoms with Gasteiger partial charge in [-0.25, -0.2) is 0 Å². The van der Waals surface area contributed by atoms with Crippen molar-refractivity contribution in [2.24, 2.45) is 52.3 Å². The molecule has 4 aliphatic carbocycles. The molecular weight excluding hydrogens is 856 g/mol. The summed E-state index contributed by atoms with van der Waals surface area (Å²) in [7, 11) is 1.74. The molecule has 0 aromatic heterocycles. The standard InChI is InChI=1S/C46H78O19/c1-20(19-59-41-37(55)34(52)32(50)28(16-47)61-41)8-13-46(58-5)21(2)31-27(65-46)15-26-24-7-6-22-14-23(9-11-44(22,3)25(24)10-12-45(26,31)4)60-42-39(57)36(54)40(30(18-49)63-42)64-43-38(56)35(53)33(51)29(17-48)62-43/h20-43,47-57H,6-19H2,1-5H3/t20-,21+,22-,23+,24-,25+,26+,27+,28-,29-,30-,31+,32-,33-,34+,35+,36-,37-,38-,39-,40+,41-,42-,43+,44+,45+,46-/m1/s1. The molecule has 0 aromatic rings. The molecule has 4 saturated heterocycles. The van der Waals surface area contributed by atoms with Gasteiger partial charge in [0.05, 0.1) is 38.6 Å². The van der Waals surface area contributed by atoms with E-state index in [-0.39, 0.29) is 41.5 Å². The summed E-state index contributed by atoms with van der Waals surface area (Å²) in [6.07, 6.45) is -12.5. The summed E-state index contributed by atoms with van der Waals surface area (Å²) in [6, 6.07) is 0. The smallest absolute Gasteiger partial charge is 0.187 e. The number of ether oxygens (including phenoxy) is 8. The Labute approximate surface area is 381 Å². The molecule has 0 amide bonds. The Morgan fingerprint density at radius 3 is 1.86 bits per heavy atom. The first-order chi connectivity index (χ1) is 30.9. The summed E-state index contributed by atoms with van der Waals surface area (Å²) in [5.41, 5.74) is 0.192. The van der Waals surface area contributed by atoms with Crippen LogP contribution in [0.4, 0.5) is 0 Å². The van der Waals surface area contributed by atoms with E-state index in [2.05, 4.69) is 20.8 Å². The minimum absolute atomic E-state index is 0.0326. The fourth-order valence-corrected chi connectivity index (χ4v) is 14.5. The van der Waals surface area contributed by atoms with Crippen LogP contribution in [0.2, 0.25) is 0 Å². The minimum atomic E-state index is -1.74. The first-order valence-electron chi connectivity index (χ1n) is 24.2. The Kier molecular flexibility index (Phi) is 15.4. The molecule has 4 saturated carbocycles. The lowest BCUT2D eigenvalue weighted by Crippen LogP contribution is -2.65. The van der Waals surface area contributed by atoms with Crippen molar-refractivity contribution in [3.8, 4) is 0 Å². The molecule has 8 aliphatic rings. The monoisotopic (exact) mass is 935 g/mol. The molecule has 0 bridgehead atoms. The van der Waals surface area contributed by atoms with Crippen LogP contribution in [-0.2, 0) is 37.9 Å². The van der Waals surface area contributed by atoms with E-state index in [1.807, 2.05) is 6.92 Å². The van der Waals surface area contributed by atoms with Gasteiger partial charge < -0.3 is 94.1 Å². The van der Waals surface area contributed by atoms with Crippen molar-refractivity contribution in [2.45, 2.75) is 202 Å². The summed E-state index contributed by atoms with van der Waals surface area (Å²) in [5, 5.41) is 113.